The Morgan fingerprint density at radius 2 is 1.35 bits per heavy atom. The van der Waals surface area contributed by atoms with E-state index in [-0.39, 0.29) is 6.04 Å². The van der Waals surface area contributed by atoms with E-state index in [1.165, 1.54) is 11.1 Å². The molecular formula is C28H28ClN3O2. The number of halogens is 1. The zero-order valence-electron chi connectivity index (χ0n) is 19.1. The van der Waals surface area contributed by atoms with Crippen molar-refractivity contribution < 1.29 is 9.59 Å². The molecule has 0 N–H and O–H groups in total. The van der Waals surface area contributed by atoms with Crippen molar-refractivity contribution in [2.45, 2.75) is 12.5 Å². The molecule has 0 aliphatic carbocycles. The summed E-state index contributed by atoms with van der Waals surface area (Å²) in [6, 6.07) is 26.9. The fourth-order valence-corrected chi connectivity index (χ4v) is 5.36. The van der Waals surface area contributed by atoms with Gasteiger partial charge >= 0.3 is 0 Å². The summed E-state index contributed by atoms with van der Waals surface area (Å²) >= 11 is 6.17. The first-order chi connectivity index (χ1) is 16.6. The van der Waals surface area contributed by atoms with E-state index in [9.17, 15) is 9.59 Å². The second-order valence-electron chi connectivity index (χ2n) is 8.87. The summed E-state index contributed by atoms with van der Waals surface area (Å²) in [6.45, 7) is 5.33. The molecule has 34 heavy (non-hydrogen) atoms. The number of ketones is 1. The van der Waals surface area contributed by atoms with E-state index in [0.29, 0.717) is 22.8 Å². The summed E-state index contributed by atoms with van der Waals surface area (Å²) in [7, 11) is 0. The molecule has 3 aromatic carbocycles. The quantitative estimate of drug-likeness (QED) is 0.468. The molecule has 0 bridgehead atoms. The molecule has 0 aromatic heterocycles. The number of nitrogens with zero attached hydrogens (tertiary/aromatic N) is 3. The molecule has 0 radical (unpaired) electrons. The van der Waals surface area contributed by atoms with Crippen LogP contribution in [0, 0.1) is 0 Å². The van der Waals surface area contributed by atoms with E-state index in [0.717, 1.165) is 39.1 Å². The average Bonchev–Trinajstić information content (AvgIpc) is 3.12. The molecule has 0 unspecified atom stereocenters. The van der Waals surface area contributed by atoms with Gasteiger partial charge in [-0.2, -0.15) is 0 Å². The number of carbonyl (C=O) groups is 2. The van der Waals surface area contributed by atoms with E-state index in [1.807, 2.05) is 0 Å². The zero-order chi connectivity index (χ0) is 23.5. The lowest BCUT2D eigenvalue weighted by Crippen LogP contribution is -2.48. The number of benzene rings is 3. The largest absolute Gasteiger partial charge is 0.305 e. The second kappa shape index (κ2) is 10.1. The molecule has 6 heteroatoms. The highest BCUT2D eigenvalue weighted by atomic mass is 35.5. The molecule has 0 saturated carbocycles. The molecule has 2 heterocycles. The van der Waals surface area contributed by atoms with Crippen LogP contribution in [0.2, 0.25) is 5.02 Å². The number of hydrogen-bond donors (Lipinski definition) is 0. The van der Waals surface area contributed by atoms with Gasteiger partial charge in [0.1, 0.15) is 0 Å². The van der Waals surface area contributed by atoms with Crippen molar-refractivity contribution in [1.82, 2.24) is 9.80 Å². The molecule has 5 rings (SSSR count). The SMILES string of the molecule is O=C1C(=O)N(CCCN2CCN(C(c3ccccc3)c3ccccc3)CC2)c2cccc(Cl)c21. The van der Waals surface area contributed by atoms with Crippen LogP contribution in [-0.4, -0.2) is 60.8 Å². The van der Waals surface area contributed by atoms with Gasteiger partial charge in [0, 0.05) is 32.7 Å². The highest BCUT2D eigenvalue weighted by molar-refractivity contribution is 6.55. The molecule has 0 atom stereocenters. The Morgan fingerprint density at radius 1 is 0.735 bits per heavy atom. The van der Waals surface area contributed by atoms with E-state index in [2.05, 4.69) is 70.5 Å². The Bertz CT molecular complexity index is 1120. The Labute approximate surface area is 205 Å². The van der Waals surface area contributed by atoms with Crippen LogP contribution >= 0.6 is 11.6 Å². The van der Waals surface area contributed by atoms with Gasteiger partial charge in [0.15, 0.2) is 0 Å². The van der Waals surface area contributed by atoms with Crippen LogP contribution in [0.25, 0.3) is 0 Å². The van der Waals surface area contributed by atoms with Crippen LogP contribution in [0.15, 0.2) is 78.9 Å². The Hall–Kier alpha value is -2.99. The van der Waals surface area contributed by atoms with Gasteiger partial charge in [0.2, 0.25) is 0 Å². The van der Waals surface area contributed by atoms with Crippen molar-refractivity contribution in [3.05, 3.63) is 101 Å². The molecule has 174 valence electrons. The number of carbonyl (C=O) groups excluding carboxylic acids is 2. The van der Waals surface area contributed by atoms with Gasteiger partial charge in [-0.1, -0.05) is 78.3 Å². The summed E-state index contributed by atoms with van der Waals surface area (Å²) in [5.41, 5.74) is 3.62. The normalized spacial score (nSPS) is 16.9. The lowest BCUT2D eigenvalue weighted by Gasteiger charge is -2.40. The van der Waals surface area contributed by atoms with Crippen molar-refractivity contribution >= 4 is 29.0 Å². The number of fused-ring (bicyclic) bond motifs is 1. The van der Waals surface area contributed by atoms with E-state index in [4.69, 9.17) is 11.6 Å². The third-order valence-corrected chi connectivity index (χ3v) is 7.12. The highest BCUT2D eigenvalue weighted by Crippen LogP contribution is 2.34. The number of hydrogen-bond acceptors (Lipinski definition) is 4. The first-order valence-electron chi connectivity index (χ1n) is 11.8. The number of Topliss-reactive ketones (excluding diaryl/α,β-unsaturated/α-hetero) is 1. The molecule has 5 nitrogen and oxygen atoms in total. The van der Waals surface area contributed by atoms with Crippen LogP contribution in [-0.2, 0) is 4.79 Å². The molecule has 1 saturated heterocycles. The van der Waals surface area contributed by atoms with Crippen LogP contribution in [0.1, 0.15) is 33.9 Å². The summed E-state index contributed by atoms with van der Waals surface area (Å²) < 4.78 is 0. The minimum atomic E-state index is -0.498. The monoisotopic (exact) mass is 473 g/mol. The smallest absolute Gasteiger partial charge is 0.299 e. The minimum absolute atomic E-state index is 0.249. The Balaban J connectivity index is 1.19. The van der Waals surface area contributed by atoms with Crippen LogP contribution in [0.3, 0.4) is 0 Å². The van der Waals surface area contributed by atoms with E-state index < -0.39 is 11.7 Å². The fraction of sp³-hybridized carbons (Fsp3) is 0.286. The number of piperazine rings is 1. The van der Waals surface area contributed by atoms with Gasteiger partial charge in [-0.05, 0) is 36.2 Å². The first-order valence-corrected chi connectivity index (χ1v) is 12.2. The minimum Gasteiger partial charge on any atom is -0.305 e. The van der Waals surface area contributed by atoms with Crippen molar-refractivity contribution in [3.8, 4) is 0 Å². The lowest BCUT2D eigenvalue weighted by molar-refractivity contribution is -0.114. The maximum atomic E-state index is 12.5. The van der Waals surface area contributed by atoms with Crippen molar-refractivity contribution in [2.75, 3.05) is 44.2 Å². The van der Waals surface area contributed by atoms with Gasteiger partial charge in [0.25, 0.3) is 11.7 Å². The van der Waals surface area contributed by atoms with Gasteiger partial charge in [-0.15, -0.1) is 0 Å². The topological polar surface area (TPSA) is 43.9 Å². The maximum Gasteiger partial charge on any atom is 0.299 e. The maximum absolute atomic E-state index is 12.5. The zero-order valence-corrected chi connectivity index (χ0v) is 19.8. The number of anilines is 1. The van der Waals surface area contributed by atoms with Crippen molar-refractivity contribution in [1.29, 1.82) is 0 Å². The van der Waals surface area contributed by atoms with Crippen LogP contribution < -0.4 is 4.90 Å². The molecule has 3 aromatic rings. The summed E-state index contributed by atoms with van der Waals surface area (Å²) in [6.07, 6.45) is 0.811. The highest BCUT2D eigenvalue weighted by Gasteiger charge is 2.37. The van der Waals surface area contributed by atoms with Gasteiger partial charge in [-0.25, -0.2) is 0 Å². The number of amides is 1. The number of rotatable bonds is 7. The summed E-state index contributed by atoms with van der Waals surface area (Å²) in [5, 5.41) is 0.348. The third kappa shape index (κ3) is 4.51. The molecule has 2 aliphatic rings. The van der Waals surface area contributed by atoms with Gasteiger partial charge < -0.3 is 9.80 Å². The molecule has 1 fully saturated rings. The molecular weight excluding hydrogens is 446 g/mol. The molecule has 2 aliphatic heterocycles. The standard InChI is InChI=1S/C28H28ClN3O2/c29-23-13-7-14-24-25(23)27(33)28(34)32(24)16-8-15-30-17-19-31(20-18-30)26(21-9-3-1-4-10-21)22-11-5-2-6-12-22/h1-7,9-14,26H,8,15-20H2. The Kier molecular flexibility index (Phi) is 6.77. The van der Waals surface area contributed by atoms with Crippen LogP contribution in [0.4, 0.5) is 5.69 Å². The first kappa shape index (κ1) is 22.8. The molecule has 0 spiro atoms. The predicted octanol–water partition coefficient (Wildman–Crippen LogP) is 4.67. The predicted molar refractivity (Wildman–Crippen MR) is 135 cm³/mol. The van der Waals surface area contributed by atoms with Crippen molar-refractivity contribution in [2.24, 2.45) is 0 Å². The second-order valence-corrected chi connectivity index (χ2v) is 9.28. The van der Waals surface area contributed by atoms with E-state index >= 15 is 0 Å². The average molecular weight is 474 g/mol. The van der Waals surface area contributed by atoms with Gasteiger partial charge in [0.05, 0.1) is 22.3 Å². The fourth-order valence-electron chi connectivity index (χ4n) is 5.11. The lowest BCUT2D eigenvalue weighted by atomic mass is 9.96. The van der Waals surface area contributed by atoms with Crippen LogP contribution in [0.5, 0.6) is 0 Å². The Morgan fingerprint density at radius 3 is 1.97 bits per heavy atom. The molecule has 1 amide bonds. The van der Waals surface area contributed by atoms with E-state index in [1.54, 1.807) is 23.1 Å². The van der Waals surface area contributed by atoms with Crippen molar-refractivity contribution in [3.63, 3.8) is 0 Å². The third-order valence-electron chi connectivity index (χ3n) is 6.81. The summed E-state index contributed by atoms with van der Waals surface area (Å²) in [4.78, 5) is 31.4. The summed E-state index contributed by atoms with van der Waals surface area (Å²) in [5.74, 6) is -0.969. The van der Waals surface area contributed by atoms with Gasteiger partial charge in [-0.3, -0.25) is 14.5 Å².